The van der Waals surface area contributed by atoms with Crippen LogP contribution in [-0.4, -0.2) is 24.4 Å². The standard InChI is InChI=1S/C20H25N3O2/c1-4-15(3)22-20(25)16-8-10-17(11-9-16)23-19(24)13-21-18-7-5-6-14(2)12-18/h5-12,15,21H,4,13H2,1-3H3,(H,22,25)(H,23,24). The molecule has 5 nitrogen and oxygen atoms in total. The fraction of sp³-hybridized carbons (Fsp3) is 0.300. The Morgan fingerprint density at radius 2 is 1.76 bits per heavy atom. The van der Waals surface area contributed by atoms with E-state index in [0.29, 0.717) is 11.3 Å². The Labute approximate surface area is 148 Å². The maximum absolute atomic E-state index is 12.0. The number of rotatable bonds is 7. The maximum Gasteiger partial charge on any atom is 0.251 e. The van der Waals surface area contributed by atoms with Crippen LogP contribution in [0.4, 0.5) is 11.4 Å². The van der Waals surface area contributed by atoms with Crippen LogP contribution in [0.1, 0.15) is 36.2 Å². The number of aryl methyl sites for hydroxylation is 1. The van der Waals surface area contributed by atoms with Crippen LogP contribution in [0.3, 0.4) is 0 Å². The maximum atomic E-state index is 12.0. The minimum atomic E-state index is -0.140. The lowest BCUT2D eigenvalue weighted by Gasteiger charge is -2.12. The summed E-state index contributed by atoms with van der Waals surface area (Å²) in [6.45, 7) is 6.17. The van der Waals surface area contributed by atoms with Crippen LogP contribution in [0.25, 0.3) is 0 Å². The van der Waals surface area contributed by atoms with E-state index in [4.69, 9.17) is 0 Å². The van der Waals surface area contributed by atoms with Gasteiger partial charge in [0.2, 0.25) is 5.91 Å². The van der Waals surface area contributed by atoms with Crippen LogP contribution in [0.5, 0.6) is 0 Å². The molecule has 0 aliphatic rings. The van der Waals surface area contributed by atoms with Crippen molar-refractivity contribution >= 4 is 23.2 Å². The number of carbonyl (C=O) groups excluding carboxylic acids is 2. The molecule has 0 bridgehead atoms. The van der Waals surface area contributed by atoms with E-state index in [0.717, 1.165) is 17.7 Å². The summed E-state index contributed by atoms with van der Waals surface area (Å²) >= 11 is 0. The number of anilines is 2. The zero-order valence-corrected chi connectivity index (χ0v) is 14.9. The first-order valence-corrected chi connectivity index (χ1v) is 8.49. The Hall–Kier alpha value is -2.82. The molecule has 0 spiro atoms. The van der Waals surface area contributed by atoms with Gasteiger partial charge in [0.05, 0.1) is 6.54 Å². The van der Waals surface area contributed by atoms with Crippen molar-refractivity contribution < 1.29 is 9.59 Å². The summed E-state index contributed by atoms with van der Waals surface area (Å²) in [5.41, 5.74) is 3.29. The Balaban J connectivity index is 1.85. The lowest BCUT2D eigenvalue weighted by Crippen LogP contribution is -2.31. The first kappa shape index (κ1) is 18.5. The van der Waals surface area contributed by atoms with E-state index in [-0.39, 0.29) is 24.4 Å². The molecule has 25 heavy (non-hydrogen) atoms. The van der Waals surface area contributed by atoms with Gasteiger partial charge in [-0.25, -0.2) is 0 Å². The number of carbonyl (C=O) groups is 2. The topological polar surface area (TPSA) is 70.2 Å². The quantitative estimate of drug-likeness (QED) is 0.722. The number of nitrogens with one attached hydrogen (secondary N) is 3. The summed E-state index contributed by atoms with van der Waals surface area (Å²) < 4.78 is 0. The third-order valence-corrected chi connectivity index (χ3v) is 3.89. The van der Waals surface area contributed by atoms with Gasteiger partial charge in [-0.1, -0.05) is 19.1 Å². The van der Waals surface area contributed by atoms with E-state index in [2.05, 4.69) is 16.0 Å². The summed E-state index contributed by atoms with van der Waals surface area (Å²) in [7, 11) is 0. The predicted octanol–water partition coefficient (Wildman–Crippen LogP) is 3.57. The number of hydrogen-bond donors (Lipinski definition) is 3. The molecule has 2 aromatic carbocycles. The highest BCUT2D eigenvalue weighted by molar-refractivity contribution is 5.96. The second-order valence-corrected chi connectivity index (χ2v) is 6.13. The summed E-state index contributed by atoms with van der Waals surface area (Å²) in [5.74, 6) is -0.244. The van der Waals surface area contributed by atoms with Gasteiger partial charge in [0.1, 0.15) is 0 Å². The molecule has 0 saturated carbocycles. The molecular formula is C20H25N3O2. The second-order valence-electron chi connectivity index (χ2n) is 6.13. The van der Waals surface area contributed by atoms with Crippen molar-refractivity contribution in [1.82, 2.24) is 5.32 Å². The first-order valence-electron chi connectivity index (χ1n) is 8.49. The summed E-state index contributed by atoms with van der Waals surface area (Å²) in [5, 5.41) is 8.81. The van der Waals surface area contributed by atoms with Gasteiger partial charge in [-0.2, -0.15) is 0 Å². The molecule has 0 aliphatic heterocycles. The molecule has 1 atom stereocenters. The fourth-order valence-corrected chi connectivity index (χ4v) is 2.26. The zero-order chi connectivity index (χ0) is 18.2. The molecule has 5 heteroatoms. The molecule has 0 heterocycles. The van der Waals surface area contributed by atoms with Crippen molar-refractivity contribution in [3.63, 3.8) is 0 Å². The Kier molecular flexibility index (Phi) is 6.57. The van der Waals surface area contributed by atoms with Crippen molar-refractivity contribution in [3.05, 3.63) is 59.7 Å². The van der Waals surface area contributed by atoms with Gasteiger partial charge in [0.25, 0.3) is 5.91 Å². The van der Waals surface area contributed by atoms with Gasteiger partial charge in [-0.3, -0.25) is 9.59 Å². The minimum Gasteiger partial charge on any atom is -0.376 e. The molecule has 0 saturated heterocycles. The van der Waals surface area contributed by atoms with E-state index < -0.39 is 0 Å². The Morgan fingerprint density at radius 1 is 1.04 bits per heavy atom. The molecule has 132 valence electrons. The van der Waals surface area contributed by atoms with Gasteiger partial charge in [-0.15, -0.1) is 0 Å². The third kappa shape index (κ3) is 5.95. The van der Waals surface area contributed by atoms with Crippen LogP contribution in [0, 0.1) is 6.92 Å². The van der Waals surface area contributed by atoms with Crippen LogP contribution >= 0.6 is 0 Å². The lowest BCUT2D eigenvalue weighted by molar-refractivity contribution is -0.114. The normalized spacial score (nSPS) is 11.5. The van der Waals surface area contributed by atoms with Gasteiger partial charge in [0.15, 0.2) is 0 Å². The molecule has 1 unspecified atom stereocenters. The third-order valence-electron chi connectivity index (χ3n) is 3.89. The average Bonchev–Trinajstić information content (AvgIpc) is 2.60. The van der Waals surface area contributed by atoms with E-state index in [1.165, 1.54) is 0 Å². The molecule has 2 rings (SSSR count). The smallest absolute Gasteiger partial charge is 0.251 e. The monoisotopic (exact) mass is 339 g/mol. The van der Waals surface area contributed by atoms with E-state index in [9.17, 15) is 9.59 Å². The molecule has 2 aromatic rings. The summed E-state index contributed by atoms with van der Waals surface area (Å²) in [6, 6.07) is 14.9. The molecular weight excluding hydrogens is 314 g/mol. The molecule has 0 aromatic heterocycles. The Morgan fingerprint density at radius 3 is 2.40 bits per heavy atom. The first-order chi connectivity index (χ1) is 12.0. The molecule has 2 amide bonds. The van der Waals surface area contributed by atoms with E-state index in [1.54, 1.807) is 24.3 Å². The predicted molar refractivity (Wildman–Crippen MR) is 102 cm³/mol. The number of hydrogen-bond acceptors (Lipinski definition) is 3. The lowest BCUT2D eigenvalue weighted by atomic mass is 10.1. The molecule has 0 aliphatic carbocycles. The van der Waals surface area contributed by atoms with Crippen molar-refractivity contribution in [2.75, 3.05) is 17.2 Å². The average molecular weight is 339 g/mol. The minimum absolute atomic E-state index is 0.103. The highest BCUT2D eigenvalue weighted by Crippen LogP contribution is 2.11. The van der Waals surface area contributed by atoms with Crippen LogP contribution in [-0.2, 0) is 4.79 Å². The van der Waals surface area contributed by atoms with Crippen LogP contribution in [0.15, 0.2) is 48.5 Å². The number of amides is 2. The van der Waals surface area contributed by atoms with Gasteiger partial charge in [-0.05, 0) is 62.2 Å². The van der Waals surface area contributed by atoms with Crippen molar-refractivity contribution in [1.29, 1.82) is 0 Å². The largest absolute Gasteiger partial charge is 0.376 e. The van der Waals surface area contributed by atoms with Crippen molar-refractivity contribution in [2.45, 2.75) is 33.2 Å². The van der Waals surface area contributed by atoms with Gasteiger partial charge >= 0.3 is 0 Å². The van der Waals surface area contributed by atoms with Crippen LogP contribution in [0.2, 0.25) is 0 Å². The number of benzene rings is 2. The van der Waals surface area contributed by atoms with Gasteiger partial charge in [0, 0.05) is 23.0 Å². The fourth-order valence-electron chi connectivity index (χ4n) is 2.26. The SMILES string of the molecule is CCC(C)NC(=O)c1ccc(NC(=O)CNc2cccc(C)c2)cc1. The van der Waals surface area contributed by atoms with E-state index in [1.807, 2.05) is 45.0 Å². The van der Waals surface area contributed by atoms with E-state index >= 15 is 0 Å². The zero-order valence-electron chi connectivity index (χ0n) is 14.9. The Bertz CT molecular complexity index is 726. The summed E-state index contributed by atoms with van der Waals surface area (Å²) in [6.07, 6.45) is 0.883. The molecule has 0 fully saturated rings. The summed E-state index contributed by atoms with van der Waals surface area (Å²) in [4.78, 5) is 24.0. The molecule has 0 radical (unpaired) electrons. The van der Waals surface area contributed by atoms with Crippen molar-refractivity contribution in [2.24, 2.45) is 0 Å². The van der Waals surface area contributed by atoms with Crippen LogP contribution < -0.4 is 16.0 Å². The van der Waals surface area contributed by atoms with Crippen molar-refractivity contribution in [3.8, 4) is 0 Å². The van der Waals surface area contributed by atoms with Gasteiger partial charge < -0.3 is 16.0 Å². The molecule has 3 N–H and O–H groups in total. The second kappa shape index (κ2) is 8.87. The highest BCUT2D eigenvalue weighted by atomic mass is 16.2. The highest BCUT2D eigenvalue weighted by Gasteiger charge is 2.09.